The fraction of sp³-hybridized carbons (Fsp3) is 0.579. The van der Waals surface area contributed by atoms with Gasteiger partial charge in [-0.15, -0.1) is 0 Å². The lowest BCUT2D eigenvalue weighted by atomic mass is 9.66. The number of hydrogen-bond acceptors (Lipinski definition) is 2. The molecule has 0 heterocycles. The van der Waals surface area contributed by atoms with Gasteiger partial charge in [-0.05, 0) is 49.7 Å². The lowest BCUT2D eigenvalue weighted by Gasteiger charge is -2.40. The van der Waals surface area contributed by atoms with Crippen LogP contribution in [0, 0.1) is 5.41 Å². The highest BCUT2D eigenvalue weighted by molar-refractivity contribution is 5.86. The zero-order chi connectivity index (χ0) is 16.0. The van der Waals surface area contributed by atoms with Gasteiger partial charge in [-0.25, -0.2) is 0 Å². The normalized spacial score (nSPS) is 24.6. The molecule has 23 heavy (non-hydrogen) atoms. The van der Waals surface area contributed by atoms with E-state index in [2.05, 4.69) is 18.2 Å². The summed E-state index contributed by atoms with van der Waals surface area (Å²) in [5, 5.41) is 9.52. The third-order valence-corrected chi connectivity index (χ3v) is 5.92. The molecular weight excluding hydrogens is 290 g/mol. The first-order chi connectivity index (χ1) is 11.1. The second-order valence-electron chi connectivity index (χ2n) is 7.40. The van der Waals surface area contributed by atoms with Crippen LogP contribution in [0.2, 0.25) is 0 Å². The van der Waals surface area contributed by atoms with Crippen LogP contribution in [0.15, 0.2) is 24.3 Å². The number of carbonyl (C=O) groups excluding carboxylic acids is 1. The smallest absolute Gasteiger partial charge is 0.310 e. The first kappa shape index (κ1) is 14.7. The van der Waals surface area contributed by atoms with Gasteiger partial charge in [0.05, 0.1) is 11.5 Å². The zero-order valence-electron chi connectivity index (χ0n) is 13.3. The van der Waals surface area contributed by atoms with Gasteiger partial charge in [-0.2, -0.15) is 0 Å². The van der Waals surface area contributed by atoms with Crippen molar-refractivity contribution >= 4 is 11.9 Å². The largest absolute Gasteiger partial charge is 0.481 e. The molecule has 2 fully saturated rings. The van der Waals surface area contributed by atoms with Gasteiger partial charge in [0.2, 0.25) is 5.91 Å². The van der Waals surface area contributed by atoms with Crippen molar-refractivity contribution in [3.63, 3.8) is 0 Å². The van der Waals surface area contributed by atoms with E-state index in [1.54, 1.807) is 0 Å². The molecule has 4 rings (SSSR count). The molecule has 1 aromatic rings. The number of rotatable bonds is 5. The average Bonchev–Trinajstić information content (AvgIpc) is 3.23. The summed E-state index contributed by atoms with van der Waals surface area (Å²) in [6, 6.07) is 8.85. The predicted octanol–water partition coefficient (Wildman–Crippen LogP) is 3.31. The molecule has 4 heteroatoms. The van der Waals surface area contributed by atoms with Gasteiger partial charge in [-0.1, -0.05) is 30.7 Å². The van der Waals surface area contributed by atoms with E-state index in [9.17, 15) is 14.7 Å². The molecular formula is C19H23NO3. The molecule has 3 aliphatic carbocycles. The molecule has 0 aliphatic heterocycles. The Morgan fingerprint density at radius 2 is 1.91 bits per heavy atom. The summed E-state index contributed by atoms with van der Waals surface area (Å²) in [6.07, 6.45) is 6.51. The molecule has 3 aliphatic rings. The maximum absolute atomic E-state index is 13.0. The Morgan fingerprint density at radius 1 is 1.17 bits per heavy atom. The Kier molecular flexibility index (Phi) is 3.43. The molecule has 0 bridgehead atoms. The quantitative estimate of drug-likeness (QED) is 0.907. The molecule has 1 amide bonds. The first-order valence-electron chi connectivity index (χ1n) is 8.73. The number of aryl methyl sites for hydroxylation is 1. The third kappa shape index (κ3) is 2.44. The summed E-state index contributed by atoms with van der Waals surface area (Å²) in [6.45, 7) is 0. The number of benzene rings is 1. The molecule has 4 nitrogen and oxygen atoms in total. The molecule has 0 spiro atoms. The molecule has 0 aromatic heterocycles. The van der Waals surface area contributed by atoms with E-state index in [1.165, 1.54) is 11.1 Å². The van der Waals surface area contributed by atoms with Gasteiger partial charge in [0.25, 0.3) is 0 Å². The van der Waals surface area contributed by atoms with E-state index in [0.717, 1.165) is 32.1 Å². The van der Waals surface area contributed by atoms with Crippen LogP contribution in [-0.4, -0.2) is 27.9 Å². The first-order valence-corrected chi connectivity index (χ1v) is 8.73. The second-order valence-corrected chi connectivity index (χ2v) is 7.40. The van der Waals surface area contributed by atoms with E-state index in [4.69, 9.17) is 0 Å². The SMILES string of the molecule is O=C(CC1(C(=O)O)CCC1)N(C1CC1)C1CCc2ccccc21. The van der Waals surface area contributed by atoms with Crippen molar-refractivity contribution in [2.45, 2.75) is 63.5 Å². The Labute approximate surface area is 136 Å². The van der Waals surface area contributed by atoms with E-state index >= 15 is 0 Å². The Hall–Kier alpha value is -1.84. The van der Waals surface area contributed by atoms with Crippen LogP contribution in [-0.2, 0) is 16.0 Å². The van der Waals surface area contributed by atoms with Gasteiger partial charge in [-0.3, -0.25) is 9.59 Å². The third-order valence-electron chi connectivity index (χ3n) is 5.92. The van der Waals surface area contributed by atoms with Crippen molar-refractivity contribution in [3.05, 3.63) is 35.4 Å². The zero-order valence-corrected chi connectivity index (χ0v) is 13.3. The minimum Gasteiger partial charge on any atom is -0.481 e. The highest BCUT2D eigenvalue weighted by atomic mass is 16.4. The summed E-state index contributed by atoms with van der Waals surface area (Å²) < 4.78 is 0. The van der Waals surface area contributed by atoms with Crippen molar-refractivity contribution < 1.29 is 14.7 Å². The molecule has 1 N–H and O–H groups in total. The van der Waals surface area contributed by atoms with Crippen molar-refractivity contribution in [2.75, 3.05) is 0 Å². The van der Waals surface area contributed by atoms with Gasteiger partial charge in [0, 0.05) is 12.5 Å². The average molecular weight is 313 g/mol. The second kappa shape index (κ2) is 5.36. The summed E-state index contributed by atoms with van der Waals surface area (Å²) >= 11 is 0. The fourth-order valence-electron chi connectivity index (χ4n) is 4.26. The lowest BCUT2D eigenvalue weighted by molar-refractivity contribution is -0.160. The van der Waals surface area contributed by atoms with Crippen LogP contribution in [0.25, 0.3) is 0 Å². The van der Waals surface area contributed by atoms with Gasteiger partial charge < -0.3 is 10.0 Å². The van der Waals surface area contributed by atoms with Crippen LogP contribution in [0.1, 0.15) is 62.1 Å². The minimum absolute atomic E-state index is 0.0521. The molecule has 1 atom stereocenters. The topological polar surface area (TPSA) is 57.6 Å². The van der Waals surface area contributed by atoms with Gasteiger partial charge in [0.15, 0.2) is 0 Å². The highest BCUT2D eigenvalue weighted by Crippen LogP contribution is 2.47. The van der Waals surface area contributed by atoms with Crippen molar-refractivity contribution in [2.24, 2.45) is 5.41 Å². The molecule has 1 aromatic carbocycles. The van der Waals surface area contributed by atoms with Crippen molar-refractivity contribution in [1.29, 1.82) is 0 Å². The number of nitrogens with zero attached hydrogens (tertiary/aromatic N) is 1. The molecule has 1 unspecified atom stereocenters. The Balaban J connectivity index is 1.57. The summed E-state index contributed by atoms with van der Waals surface area (Å²) in [5.41, 5.74) is 1.82. The van der Waals surface area contributed by atoms with Crippen LogP contribution >= 0.6 is 0 Å². The maximum atomic E-state index is 13.0. The molecule has 0 radical (unpaired) electrons. The number of carboxylic acids is 1. The van der Waals surface area contributed by atoms with Crippen LogP contribution in [0.4, 0.5) is 0 Å². The van der Waals surface area contributed by atoms with E-state index in [1.807, 2.05) is 11.0 Å². The summed E-state index contributed by atoms with van der Waals surface area (Å²) in [7, 11) is 0. The highest BCUT2D eigenvalue weighted by Gasteiger charge is 2.49. The standard InChI is InChI=1S/C19H23NO3/c21-17(12-19(18(22)23)10-3-11-19)20(14-7-8-14)16-9-6-13-4-1-2-5-15(13)16/h1-2,4-5,14,16H,3,6-12H2,(H,22,23). The number of fused-ring (bicyclic) bond motifs is 1. The summed E-state index contributed by atoms with van der Waals surface area (Å²) in [5.74, 6) is -0.740. The van der Waals surface area contributed by atoms with E-state index in [0.29, 0.717) is 18.9 Å². The number of amides is 1. The number of hydrogen-bond donors (Lipinski definition) is 1. The van der Waals surface area contributed by atoms with Crippen LogP contribution < -0.4 is 0 Å². The molecule has 122 valence electrons. The molecule has 0 saturated heterocycles. The van der Waals surface area contributed by atoms with Crippen molar-refractivity contribution in [1.82, 2.24) is 4.90 Å². The number of carboxylic acid groups (broad SMARTS) is 1. The maximum Gasteiger partial charge on any atom is 0.310 e. The fourth-order valence-corrected chi connectivity index (χ4v) is 4.26. The predicted molar refractivity (Wildman–Crippen MR) is 85.9 cm³/mol. The summed E-state index contributed by atoms with van der Waals surface area (Å²) in [4.78, 5) is 26.6. The number of aliphatic carboxylic acids is 1. The Morgan fingerprint density at radius 3 is 2.52 bits per heavy atom. The van der Waals surface area contributed by atoms with Gasteiger partial charge >= 0.3 is 5.97 Å². The van der Waals surface area contributed by atoms with Gasteiger partial charge in [0.1, 0.15) is 0 Å². The van der Waals surface area contributed by atoms with Crippen LogP contribution in [0.5, 0.6) is 0 Å². The van der Waals surface area contributed by atoms with E-state index < -0.39 is 11.4 Å². The minimum atomic E-state index is -0.792. The van der Waals surface area contributed by atoms with Crippen LogP contribution in [0.3, 0.4) is 0 Å². The van der Waals surface area contributed by atoms with E-state index in [-0.39, 0.29) is 18.4 Å². The Bertz CT molecular complexity index is 646. The lowest BCUT2D eigenvalue weighted by Crippen LogP contribution is -2.45. The number of carbonyl (C=O) groups is 2. The van der Waals surface area contributed by atoms with Crippen molar-refractivity contribution in [3.8, 4) is 0 Å². The molecule has 2 saturated carbocycles. The monoisotopic (exact) mass is 313 g/mol.